The molecule has 0 saturated heterocycles. The lowest BCUT2D eigenvalue weighted by molar-refractivity contribution is 0.0982. The molecular weight excluding hydrogens is 240 g/mol. The van der Waals surface area contributed by atoms with E-state index in [1.54, 1.807) is 25.3 Å². The molecule has 1 N–H and O–H groups in total. The lowest BCUT2D eigenvalue weighted by Crippen LogP contribution is -2.01. The molecule has 0 spiro atoms. The van der Waals surface area contributed by atoms with Crippen LogP contribution in [0.25, 0.3) is 0 Å². The lowest BCUT2D eigenvalue weighted by Gasteiger charge is -2.04. The molecule has 0 atom stereocenters. The minimum absolute atomic E-state index is 0.0340. The lowest BCUT2D eigenvalue weighted by atomic mass is 10.0. The van der Waals surface area contributed by atoms with Gasteiger partial charge in [0.15, 0.2) is 5.78 Å². The normalized spacial score (nSPS) is 10.2. The van der Waals surface area contributed by atoms with Crippen molar-refractivity contribution in [3.05, 3.63) is 59.7 Å². The van der Waals surface area contributed by atoms with E-state index in [9.17, 15) is 9.90 Å². The van der Waals surface area contributed by atoms with Crippen molar-refractivity contribution in [3.8, 4) is 11.5 Å². The number of aromatic hydroxyl groups is 1. The SMILES string of the molecule is COc1ccc(CCC(=O)c2cccc(O)c2)cc1. The van der Waals surface area contributed by atoms with Crippen LogP contribution < -0.4 is 4.74 Å². The Morgan fingerprint density at radius 1 is 1.16 bits per heavy atom. The maximum atomic E-state index is 12.0. The summed E-state index contributed by atoms with van der Waals surface area (Å²) >= 11 is 0. The first-order chi connectivity index (χ1) is 9.19. The highest BCUT2D eigenvalue weighted by Crippen LogP contribution is 2.16. The van der Waals surface area contributed by atoms with E-state index in [2.05, 4.69) is 0 Å². The number of hydrogen-bond donors (Lipinski definition) is 1. The van der Waals surface area contributed by atoms with Gasteiger partial charge >= 0.3 is 0 Å². The number of carbonyl (C=O) groups excluding carboxylic acids is 1. The van der Waals surface area contributed by atoms with Crippen LogP contribution in [0.5, 0.6) is 11.5 Å². The topological polar surface area (TPSA) is 46.5 Å². The number of ether oxygens (including phenoxy) is 1. The van der Waals surface area contributed by atoms with E-state index < -0.39 is 0 Å². The molecule has 19 heavy (non-hydrogen) atoms. The fourth-order valence-corrected chi connectivity index (χ4v) is 1.87. The number of methoxy groups -OCH3 is 1. The number of carbonyl (C=O) groups is 1. The Labute approximate surface area is 112 Å². The van der Waals surface area contributed by atoms with E-state index in [1.165, 1.54) is 6.07 Å². The number of aryl methyl sites for hydroxylation is 1. The van der Waals surface area contributed by atoms with Gasteiger partial charge in [0.25, 0.3) is 0 Å². The van der Waals surface area contributed by atoms with Crippen LogP contribution >= 0.6 is 0 Å². The first kappa shape index (κ1) is 13.1. The summed E-state index contributed by atoms with van der Waals surface area (Å²) in [6, 6.07) is 14.1. The highest BCUT2D eigenvalue weighted by molar-refractivity contribution is 5.96. The van der Waals surface area contributed by atoms with E-state index in [0.717, 1.165) is 11.3 Å². The van der Waals surface area contributed by atoms with Crippen LogP contribution in [-0.2, 0) is 6.42 Å². The van der Waals surface area contributed by atoms with Crippen LogP contribution in [0.15, 0.2) is 48.5 Å². The number of Topliss-reactive ketones (excluding diaryl/α,β-unsaturated/α-hetero) is 1. The summed E-state index contributed by atoms with van der Waals surface area (Å²) in [6.07, 6.45) is 1.11. The van der Waals surface area contributed by atoms with E-state index in [0.29, 0.717) is 18.4 Å². The zero-order chi connectivity index (χ0) is 13.7. The highest BCUT2D eigenvalue weighted by Gasteiger charge is 2.06. The molecule has 0 fully saturated rings. The van der Waals surface area contributed by atoms with Crippen LogP contribution in [0, 0.1) is 0 Å². The molecule has 2 aromatic carbocycles. The van der Waals surface area contributed by atoms with Gasteiger partial charge in [-0.15, -0.1) is 0 Å². The number of benzene rings is 2. The van der Waals surface area contributed by atoms with Crippen molar-refractivity contribution in [2.75, 3.05) is 7.11 Å². The fraction of sp³-hybridized carbons (Fsp3) is 0.188. The van der Waals surface area contributed by atoms with Crippen molar-refractivity contribution in [1.82, 2.24) is 0 Å². The predicted molar refractivity (Wildman–Crippen MR) is 73.8 cm³/mol. The molecule has 0 unspecified atom stereocenters. The van der Waals surface area contributed by atoms with Gasteiger partial charge in [-0.3, -0.25) is 4.79 Å². The Hall–Kier alpha value is -2.29. The average Bonchev–Trinajstić information content (AvgIpc) is 2.45. The minimum Gasteiger partial charge on any atom is -0.508 e. The Bertz CT molecular complexity index is 558. The molecular formula is C16H16O3. The Kier molecular flexibility index (Phi) is 4.18. The molecule has 0 aromatic heterocycles. The third-order valence-corrected chi connectivity index (χ3v) is 2.97. The van der Waals surface area contributed by atoms with Gasteiger partial charge in [-0.05, 0) is 36.2 Å². The van der Waals surface area contributed by atoms with Crippen LogP contribution in [0.2, 0.25) is 0 Å². The first-order valence-corrected chi connectivity index (χ1v) is 6.14. The first-order valence-electron chi connectivity index (χ1n) is 6.14. The largest absolute Gasteiger partial charge is 0.508 e. The highest BCUT2D eigenvalue weighted by atomic mass is 16.5. The summed E-state index contributed by atoms with van der Waals surface area (Å²) in [5, 5.41) is 9.34. The number of phenolic OH excluding ortho intramolecular Hbond substituents is 1. The molecule has 0 bridgehead atoms. The molecule has 0 amide bonds. The second-order valence-electron chi connectivity index (χ2n) is 4.32. The number of phenols is 1. The molecule has 0 aliphatic heterocycles. The Morgan fingerprint density at radius 2 is 1.89 bits per heavy atom. The molecule has 0 aliphatic rings. The number of ketones is 1. The van der Waals surface area contributed by atoms with Crippen molar-refractivity contribution >= 4 is 5.78 Å². The van der Waals surface area contributed by atoms with Gasteiger partial charge in [0.1, 0.15) is 11.5 Å². The van der Waals surface area contributed by atoms with Crippen molar-refractivity contribution in [3.63, 3.8) is 0 Å². The number of rotatable bonds is 5. The molecule has 2 rings (SSSR count). The maximum absolute atomic E-state index is 12.0. The Balaban J connectivity index is 1.96. The van der Waals surface area contributed by atoms with Gasteiger partial charge in [0.05, 0.1) is 7.11 Å². The zero-order valence-electron chi connectivity index (χ0n) is 10.8. The van der Waals surface area contributed by atoms with Crippen LogP contribution in [0.1, 0.15) is 22.3 Å². The summed E-state index contributed by atoms with van der Waals surface area (Å²) in [4.78, 5) is 12.0. The monoisotopic (exact) mass is 256 g/mol. The fourth-order valence-electron chi connectivity index (χ4n) is 1.87. The predicted octanol–water partition coefficient (Wildman–Crippen LogP) is 3.22. The molecule has 0 radical (unpaired) electrons. The summed E-state index contributed by atoms with van der Waals surface area (Å²) in [7, 11) is 1.63. The summed E-state index contributed by atoms with van der Waals surface area (Å²) in [5.74, 6) is 0.963. The quantitative estimate of drug-likeness (QED) is 0.835. The third kappa shape index (κ3) is 3.58. The average molecular weight is 256 g/mol. The second-order valence-corrected chi connectivity index (χ2v) is 4.32. The standard InChI is InChI=1S/C16H16O3/c1-19-15-8-5-12(6-9-15)7-10-16(18)13-3-2-4-14(17)11-13/h2-6,8-9,11,17H,7,10H2,1H3. The van der Waals surface area contributed by atoms with Gasteiger partial charge in [0, 0.05) is 12.0 Å². The van der Waals surface area contributed by atoms with Gasteiger partial charge in [-0.25, -0.2) is 0 Å². The smallest absolute Gasteiger partial charge is 0.163 e. The van der Waals surface area contributed by atoms with Gasteiger partial charge in [0.2, 0.25) is 0 Å². The Morgan fingerprint density at radius 3 is 2.53 bits per heavy atom. The van der Waals surface area contributed by atoms with Crippen molar-refractivity contribution in [2.24, 2.45) is 0 Å². The maximum Gasteiger partial charge on any atom is 0.163 e. The summed E-state index contributed by atoms with van der Waals surface area (Å²) < 4.78 is 5.08. The second kappa shape index (κ2) is 6.05. The summed E-state index contributed by atoms with van der Waals surface area (Å²) in [5.41, 5.74) is 1.64. The molecule has 3 heteroatoms. The van der Waals surface area contributed by atoms with Crippen molar-refractivity contribution < 1.29 is 14.6 Å². The van der Waals surface area contributed by atoms with Crippen LogP contribution in [0.4, 0.5) is 0 Å². The molecule has 0 heterocycles. The van der Waals surface area contributed by atoms with E-state index in [4.69, 9.17) is 4.74 Å². The van der Waals surface area contributed by atoms with Gasteiger partial charge < -0.3 is 9.84 Å². The molecule has 98 valence electrons. The van der Waals surface area contributed by atoms with Gasteiger partial charge in [-0.1, -0.05) is 24.3 Å². The molecule has 0 aliphatic carbocycles. The van der Waals surface area contributed by atoms with E-state index in [-0.39, 0.29) is 11.5 Å². The van der Waals surface area contributed by atoms with E-state index in [1.807, 2.05) is 24.3 Å². The molecule has 0 saturated carbocycles. The van der Waals surface area contributed by atoms with Crippen LogP contribution in [0.3, 0.4) is 0 Å². The summed E-state index contributed by atoms with van der Waals surface area (Å²) in [6.45, 7) is 0. The third-order valence-electron chi connectivity index (χ3n) is 2.97. The molecule has 3 nitrogen and oxygen atoms in total. The van der Waals surface area contributed by atoms with Crippen molar-refractivity contribution in [2.45, 2.75) is 12.8 Å². The zero-order valence-corrected chi connectivity index (χ0v) is 10.8. The van der Waals surface area contributed by atoms with Crippen molar-refractivity contribution in [1.29, 1.82) is 0 Å². The van der Waals surface area contributed by atoms with Gasteiger partial charge in [-0.2, -0.15) is 0 Å². The van der Waals surface area contributed by atoms with E-state index >= 15 is 0 Å². The molecule has 2 aromatic rings. The van der Waals surface area contributed by atoms with Crippen LogP contribution in [-0.4, -0.2) is 18.0 Å². The minimum atomic E-state index is 0.0340. The number of hydrogen-bond acceptors (Lipinski definition) is 3.